The van der Waals surface area contributed by atoms with E-state index < -0.39 is 10.0 Å². The monoisotopic (exact) mass is 314 g/mol. The van der Waals surface area contributed by atoms with E-state index in [4.69, 9.17) is 23.2 Å². The number of piperazine rings is 1. The van der Waals surface area contributed by atoms with Crippen molar-refractivity contribution >= 4 is 44.6 Å². The van der Waals surface area contributed by atoms with E-state index in [0.29, 0.717) is 24.0 Å². The molecular weight excluding hydrogens is 303 g/mol. The molecule has 1 aromatic rings. The maximum absolute atomic E-state index is 12.3. The number of thiophene rings is 1. The molecule has 0 unspecified atom stereocenters. The fraction of sp³-hybridized carbons (Fsp3) is 0.556. The third-order valence-electron chi connectivity index (χ3n) is 2.57. The van der Waals surface area contributed by atoms with Gasteiger partial charge in [0.1, 0.15) is 9.23 Å². The van der Waals surface area contributed by atoms with Crippen molar-refractivity contribution in [3.8, 4) is 0 Å². The molecule has 1 N–H and O–H groups in total. The van der Waals surface area contributed by atoms with Gasteiger partial charge in [0.25, 0.3) is 0 Å². The molecule has 96 valence electrons. The quantitative estimate of drug-likeness (QED) is 0.908. The van der Waals surface area contributed by atoms with Gasteiger partial charge in [0.2, 0.25) is 10.0 Å². The molecule has 0 spiro atoms. The molecule has 1 atom stereocenters. The molecule has 8 heteroatoms. The molecule has 17 heavy (non-hydrogen) atoms. The predicted molar refractivity (Wildman–Crippen MR) is 70.6 cm³/mol. The van der Waals surface area contributed by atoms with Gasteiger partial charge >= 0.3 is 0 Å². The molecule has 0 aliphatic carbocycles. The Morgan fingerprint density at radius 1 is 1.53 bits per heavy atom. The van der Waals surface area contributed by atoms with Gasteiger partial charge in [-0.05, 0) is 13.0 Å². The first-order valence-corrected chi connectivity index (χ1v) is 8.11. The van der Waals surface area contributed by atoms with Crippen molar-refractivity contribution in [2.24, 2.45) is 0 Å². The predicted octanol–water partition coefficient (Wildman–Crippen LogP) is 2.04. The second-order valence-electron chi connectivity index (χ2n) is 3.91. The molecule has 1 saturated heterocycles. The van der Waals surface area contributed by atoms with Crippen LogP contribution in [0.3, 0.4) is 0 Å². The van der Waals surface area contributed by atoms with Crippen molar-refractivity contribution in [3.63, 3.8) is 0 Å². The van der Waals surface area contributed by atoms with Crippen LogP contribution >= 0.6 is 34.5 Å². The van der Waals surface area contributed by atoms with E-state index in [9.17, 15) is 8.42 Å². The fourth-order valence-corrected chi connectivity index (χ4v) is 5.40. The van der Waals surface area contributed by atoms with Gasteiger partial charge in [-0.2, -0.15) is 4.31 Å². The van der Waals surface area contributed by atoms with Gasteiger partial charge in [-0.25, -0.2) is 8.42 Å². The summed E-state index contributed by atoms with van der Waals surface area (Å²) in [6.07, 6.45) is 0. The Hall–Kier alpha value is 0.150. The fourth-order valence-electron chi connectivity index (χ4n) is 1.76. The molecule has 1 aliphatic rings. The summed E-state index contributed by atoms with van der Waals surface area (Å²) in [5.74, 6) is 0. The van der Waals surface area contributed by atoms with Crippen LogP contribution in [0.25, 0.3) is 0 Å². The molecule has 1 aromatic heterocycles. The van der Waals surface area contributed by atoms with Gasteiger partial charge in [-0.3, -0.25) is 0 Å². The molecule has 0 amide bonds. The van der Waals surface area contributed by atoms with Crippen LogP contribution in [0.4, 0.5) is 0 Å². The summed E-state index contributed by atoms with van der Waals surface area (Å²) in [4.78, 5) is 0.114. The second-order valence-corrected chi connectivity index (χ2v) is 8.10. The van der Waals surface area contributed by atoms with Crippen LogP contribution in [0, 0.1) is 0 Å². The maximum atomic E-state index is 12.3. The minimum atomic E-state index is -3.52. The van der Waals surface area contributed by atoms with Crippen molar-refractivity contribution in [2.45, 2.75) is 17.9 Å². The summed E-state index contributed by atoms with van der Waals surface area (Å²) in [5, 5.41) is 3.19. The molecule has 1 aliphatic heterocycles. The van der Waals surface area contributed by atoms with Crippen molar-refractivity contribution in [1.82, 2.24) is 9.62 Å². The highest BCUT2D eigenvalue weighted by atomic mass is 35.5. The Bertz CT molecular complexity index is 515. The Balaban J connectivity index is 2.33. The van der Waals surface area contributed by atoms with Crippen LogP contribution in [-0.4, -0.2) is 38.4 Å². The molecule has 4 nitrogen and oxygen atoms in total. The Morgan fingerprint density at radius 3 is 2.76 bits per heavy atom. The van der Waals surface area contributed by atoms with E-state index in [0.717, 1.165) is 11.3 Å². The average Bonchev–Trinajstić information content (AvgIpc) is 2.58. The number of sulfonamides is 1. The topological polar surface area (TPSA) is 49.4 Å². The third-order valence-corrected chi connectivity index (χ3v) is 6.19. The van der Waals surface area contributed by atoms with E-state index in [-0.39, 0.29) is 15.3 Å². The molecule has 0 bridgehead atoms. The molecule has 2 heterocycles. The van der Waals surface area contributed by atoms with Crippen molar-refractivity contribution in [1.29, 1.82) is 0 Å². The highest BCUT2D eigenvalue weighted by Crippen LogP contribution is 2.35. The number of nitrogens with zero attached hydrogens (tertiary/aromatic N) is 1. The number of nitrogens with one attached hydrogen (secondary N) is 1. The molecular formula is C9H12Cl2N2O2S2. The smallest absolute Gasteiger partial charge is 0.245 e. The highest BCUT2D eigenvalue weighted by Gasteiger charge is 2.31. The number of rotatable bonds is 2. The standard InChI is InChI=1S/C9H12Cl2N2O2S2/c1-6-5-13(3-2-12-6)17(14,15)7-4-8(10)16-9(7)11/h4,6,12H,2-3,5H2,1H3/t6-/m1/s1. The minimum absolute atomic E-state index is 0.114. The highest BCUT2D eigenvalue weighted by molar-refractivity contribution is 7.89. The van der Waals surface area contributed by atoms with E-state index in [1.54, 1.807) is 0 Å². The summed E-state index contributed by atoms with van der Waals surface area (Å²) in [6.45, 7) is 3.50. The molecule has 2 rings (SSSR count). The van der Waals surface area contributed by atoms with Gasteiger partial charge in [0.05, 0.1) is 4.34 Å². The van der Waals surface area contributed by atoms with Crippen LogP contribution in [0.5, 0.6) is 0 Å². The van der Waals surface area contributed by atoms with Gasteiger partial charge < -0.3 is 5.32 Å². The first-order valence-electron chi connectivity index (χ1n) is 5.09. The lowest BCUT2D eigenvalue weighted by Crippen LogP contribution is -2.51. The summed E-state index contributed by atoms with van der Waals surface area (Å²) < 4.78 is 26.7. The van der Waals surface area contributed by atoms with Gasteiger partial charge in [-0.15, -0.1) is 11.3 Å². The average molecular weight is 315 g/mol. The zero-order valence-corrected chi connectivity index (χ0v) is 12.3. The zero-order valence-electron chi connectivity index (χ0n) is 9.11. The molecule has 0 aromatic carbocycles. The number of hydrogen-bond acceptors (Lipinski definition) is 4. The summed E-state index contributed by atoms with van der Waals surface area (Å²) in [7, 11) is -3.52. The van der Waals surface area contributed by atoms with Crippen molar-refractivity contribution in [3.05, 3.63) is 14.7 Å². The number of halogens is 2. The SMILES string of the molecule is C[C@@H]1CN(S(=O)(=O)c2cc(Cl)sc2Cl)CCN1. The Morgan fingerprint density at radius 2 is 2.24 bits per heavy atom. The molecule has 1 fully saturated rings. The lowest BCUT2D eigenvalue weighted by molar-refractivity contribution is 0.310. The van der Waals surface area contributed by atoms with Crippen LogP contribution < -0.4 is 5.32 Å². The van der Waals surface area contributed by atoms with Gasteiger partial charge in [-0.1, -0.05) is 23.2 Å². The summed E-state index contributed by atoms with van der Waals surface area (Å²) in [6, 6.07) is 1.56. The molecule has 0 radical (unpaired) electrons. The van der Waals surface area contributed by atoms with E-state index in [2.05, 4.69) is 5.32 Å². The van der Waals surface area contributed by atoms with Gasteiger partial charge in [0.15, 0.2) is 0 Å². The lowest BCUT2D eigenvalue weighted by Gasteiger charge is -2.30. The van der Waals surface area contributed by atoms with E-state index >= 15 is 0 Å². The lowest BCUT2D eigenvalue weighted by atomic mass is 10.3. The normalized spacial score (nSPS) is 22.9. The third kappa shape index (κ3) is 2.77. The van der Waals surface area contributed by atoms with E-state index in [1.165, 1.54) is 10.4 Å². The van der Waals surface area contributed by atoms with Crippen LogP contribution in [-0.2, 0) is 10.0 Å². The van der Waals surface area contributed by atoms with Gasteiger partial charge in [0, 0.05) is 25.7 Å². The summed E-state index contributed by atoms with van der Waals surface area (Å²) >= 11 is 12.7. The van der Waals surface area contributed by atoms with Crippen LogP contribution in [0.15, 0.2) is 11.0 Å². The van der Waals surface area contributed by atoms with Crippen LogP contribution in [0.2, 0.25) is 8.67 Å². The summed E-state index contributed by atoms with van der Waals surface area (Å²) in [5.41, 5.74) is 0. The largest absolute Gasteiger partial charge is 0.312 e. The Labute approximate surface area is 115 Å². The second kappa shape index (κ2) is 5.03. The molecule has 0 saturated carbocycles. The Kier molecular flexibility index (Phi) is 4.02. The van der Waals surface area contributed by atoms with Crippen LogP contribution in [0.1, 0.15) is 6.92 Å². The van der Waals surface area contributed by atoms with Crippen molar-refractivity contribution in [2.75, 3.05) is 19.6 Å². The first kappa shape index (κ1) is 13.6. The maximum Gasteiger partial charge on any atom is 0.245 e. The first-order chi connectivity index (χ1) is 7.91. The number of hydrogen-bond donors (Lipinski definition) is 1. The zero-order chi connectivity index (χ0) is 12.6. The van der Waals surface area contributed by atoms with Crippen molar-refractivity contribution < 1.29 is 8.42 Å². The minimum Gasteiger partial charge on any atom is -0.312 e. The van der Waals surface area contributed by atoms with E-state index in [1.807, 2.05) is 6.92 Å².